The van der Waals surface area contributed by atoms with Crippen molar-refractivity contribution in [2.75, 3.05) is 5.32 Å². The maximum absolute atomic E-state index is 12.2. The number of halogens is 4. The molecule has 1 heterocycles. The van der Waals surface area contributed by atoms with E-state index in [1.807, 2.05) is 0 Å². The number of nitrogens with zero attached hydrogens (tertiary/aromatic N) is 1. The number of pyridine rings is 1. The van der Waals surface area contributed by atoms with Crippen LogP contribution in [-0.4, -0.2) is 17.1 Å². The third-order valence-electron chi connectivity index (χ3n) is 1.24. The van der Waals surface area contributed by atoms with Gasteiger partial charge < -0.3 is 5.32 Å². The van der Waals surface area contributed by atoms with Crippen molar-refractivity contribution in [1.82, 2.24) is 4.98 Å². The molecular weight excluding hydrogens is 204 g/mol. The molecule has 1 N–H and O–H groups in total. The predicted molar refractivity (Wildman–Crippen MR) is 38.9 cm³/mol. The zero-order valence-electron chi connectivity index (χ0n) is 6.60. The van der Waals surface area contributed by atoms with Crippen molar-refractivity contribution in [1.29, 1.82) is 0 Å². The molecule has 0 fully saturated rings. The zero-order chi connectivity index (χ0) is 10.8. The first kappa shape index (κ1) is 10.4. The lowest BCUT2D eigenvalue weighted by Crippen LogP contribution is -2.29. The molecule has 7 heteroatoms. The molecule has 1 aromatic heterocycles. The molecule has 76 valence electrons. The van der Waals surface area contributed by atoms with Crippen LogP contribution in [0.25, 0.3) is 0 Å². The number of nitrogens with one attached hydrogen (secondary N) is 1. The van der Waals surface area contributed by atoms with Gasteiger partial charge in [0.15, 0.2) is 0 Å². The molecule has 0 spiro atoms. The van der Waals surface area contributed by atoms with Crippen LogP contribution in [0.3, 0.4) is 0 Å². The minimum atomic E-state index is -4.96. The molecule has 0 aromatic carbocycles. The van der Waals surface area contributed by atoms with Crippen molar-refractivity contribution in [2.24, 2.45) is 0 Å². The highest BCUT2D eigenvalue weighted by atomic mass is 19.4. The summed E-state index contributed by atoms with van der Waals surface area (Å²) in [6.07, 6.45) is -4.17. The molecule has 1 aromatic rings. The zero-order valence-corrected chi connectivity index (χ0v) is 6.60. The second-order valence-electron chi connectivity index (χ2n) is 2.32. The summed E-state index contributed by atoms with van der Waals surface area (Å²) in [4.78, 5) is 13.4. The van der Waals surface area contributed by atoms with Crippen molar-refractivity contribution in [3.05, 3.63) is 24.3 Å². The minimum absolute atomic E-state index is 0.214. The topological polar surface area (TPSA) is 42.0 Å². The second-order valence-corrected chi connectivity index (χ2v) is 2.32. The van der Waals surface area contributed by atoms with E-state index in [-0.39, 0.29) is 5.69 Å². The molecule has 0 unspecified atom stereocenters. The fourth-order valence-corrected chi connectivity index (χ4v) is 0.652. The Morgan fingerprint density at radius 2 is 2.00 bits per heavy atom. The molecule has 14 heavy (non-hydrogen) atoms. The average Bonchev–Trinajstić information content (AvgIpc) is 2.07. The summed E-state index contributed by atoms with van der Waals surface area (Å²) in [6, 6.07) is 1.82. The summed E-state index contributed by atoms with van der Waals surface area (Å²) < 4.78 is 47.3. The first-order valence-electron chi connectivity index (χ1n) is 3.39. The van der Waals surface area contributed by atoms with E-state index in [1.54, 1.807) is 0 Å². The number of carbonyl (C=O) groups excluding carboxylic acids is 1. The Labute approximate surface area is 75.8 Å². The van der Waals surface area contributed by atoms with Gasteiger partial charge in [-0.1, -0.05) is 0 Å². The first-order valence-corrected chi connectivity index (χ1v) is 3.39. The lowest BCUT2D eigenvalue weighted by molar-refractivity contribution is -0.167. The number of carbonyl (C=O) groups is 1. The van der Waals surface area contributed by atoms with Gasteiger partial charge in [-0.3, -0.25) is 4.79 Å². The third kappa shape index (κ3) is 2.68. The molecule has 0 atom stereocenters. The summed E-state index contributed by atoms with van der Waals surface area (Å²) >= 11 is 0. The lowest BCUT2D eigenvalue weighted by atomic mass is 10.4. The van der Waals surface area contributed by atoms with Gasteiger partial charge in [0.25, 0.3) is 0 Å². The molecule has 0 bridgehead atoms. The van der Waals surface area contributed by atoms with Crippen LogP contribution in [-0.2, 0) is 4.79 Å². The van der Waals surface area contributed by atoms with Gasteiger partial charge in [-0.2, -0.15) is 17.6 Å². The normalized spacial score (nSPS) is 11.1. The van der Waals surface area contributed by atoms with Crippen molar-refractivity contribution in [2.45, 2.75) is 6.18 Å². The van der Waals surface area contributed by atoms with Gasteiger partial charge in [0, 0.05) is 0 Å². The number of rotatable bonds is 1. The summed E-state index contributed by atoms with van der Waals surface area (Å²) in [5, 5.41) is 1.52. The second kappa shape index (κ2) is 3.60. The van der Waals surface area contributed by atoms with Crippen molar-refractivity contribution in [3.63, 3.8) is 0 Å². The summed E-state index contributed by atoms with van der Waals surface area (Å²) in [5.74, 6) is -2.96. The monoisotopic (exact) mass is 208 g/mol. The van der Waals surface area contributed by atoms with Gasteiger partial charge >= 0.3 is 12.1 Å². The Morgan fingerprint density at radius 1 is 1.36 bits per heavy atom. The number of hydrogen-bond acceptors (Lipinski definition) is 2. The Morgan fingerprint density at radius 3 is 2.43 bits per heavy atom. The third-order valence-corrected chi connectivity index (χ3v) is 1.24. The quantitative estimate of drug-likeness (QED) is 0.564. The Bertz CT molecular complexity index is 333. The average molecular weight is 208 g/mol. The van der Waals surface area contributed by atoms with Crippen LogP contribution in [0.15, 0.2) is 18.3 Å². The number of anilines is 1. The summed E-state index contributed by atoms with van der Waals surface area (Å²) in [6.45, 7) is 0. The number of hydrogen-bond donors (Lipinski definition) is 1. The van der Waals surface area contributed by atoms with E-state index in [0.717, 1.165) is 18.3 Å². The molecular formula is C7H4F4N2O. The number of alkyl halides is 3. The molecule has 0 aliphatic carbocycles. The van der Waals surface area contributed by atoms with Crippen LogP contribution in [0.2, 0.25) is 0 Å². The fraction of sp³-hybridized carbons (Fsp3) is 0.143. The van der Waals surface area contributed by atoms with Crippen molar-refractivity contribution < 1.29 is 22.4 Å². The predicted octanol–water partition coefficient (Wildman–Crippen LogP) is 1.72. The van der Waals surface area contributed by atoms with Crippen LogP contribution in [0.1, 0.15) is 0 Å². The molecule has 0 saturated heterocycles. The van der Waals surface area contributed by atoms with E-state index in [2.05, 4.69) is 4.98 Å². The Balaban J connectivity index is 2.71. The van der Waals surface area contributed by atoms with Gasteiger partial charge in [-0.05, 0) is 12.1 Å². The van der Waals surface area contributed by atoms with Crippen LogP contribution in [0.4, 0.5) is 23.2 Å². The lowest BCUT2D eigenvalue weighted by Gasteiger charge is -2.06. The molecule has 1 amide bonds. The van der Waals surface area contributed by atoms with Gasteiger partial charge in [0.2, 0.25) is 5.95 Å². The summed E-state index contributed by atoms with van der Waals surface area (Å²) in [5.41, 5.74) is -0.214. The fourth-order valence-electron chi connectivity index (χ4n) is 0.652. The standard InChI is InChI=1S/C7H4F4N2O/c8-5-2-1-4(3-12-5)13-6(14)7(9,10)11/h1-3H,(H,13,14). The van der Waals surface area contributed by atoms with E-state index in [4.69, 9.17) is 0 Å². The number of amides is 1. The maximum Gasteiger partial charge on any atom is 0.471 e. The van der Waals surface area contributed by atoms with Crippen molar-refractivity contribution >= 4 is 11.6 Å². The molecule has 0 radical (unpaired) electrons. The van der Waals surface area contributed by atoms with E-state index in [0.29, 0.717) is 0 Å². The van der Waals surface area contributed by atoms with Gasteiger partial charge in [0.1, 0.15) is 0 Å². The highest BCUT2D eigenvalue weighted by Gasteiger charge is 2.38. The van der Waals surface area contributed by atoms with Gasteiger partial charge in [-0.25, -0.2) is 4.98 Å². The van der Waals surface area contributed by atoms with Crippen LogP contribution in [0, 0.1) is 5.95 Å². The molecule has 1 rings (SSSR count). The van der Waals surface area contributed by atoms with E-state index in [9.17, 15) is 22.4 Å². The van der Waals surface area contributed by atoms with Crippen LogP contribution in [0.5, 0.6) is 0 Å². The first-order chi connectivity index (χ1) is 6.39. The minimum Gasteiger partial charge on any atom is -0.317 e. The number of aromatic nitrogens is 1. The highest BCUT2D eigenvalue weighted by molar-refractivity contribution is 5.94. The van der Waals surface area contributed by atoms with Crippen LogP contribution >= 0.6 is 0 Å². The maximum atomic E-state index is 12.2. The van der Waals surface area contributed by atoms with Crippen LogP contribution < -0.4 is 5.32 Å². The van der Waals surface area contributed by atoms with E-state index in [1.165, 1.54) is 5.32 Å². The highest BCUT2D eigenvalue weighted by Crippen LogP contribution is 2.17. The molecule has 0 saturated carbocycles. The van der Waals surface area contributed by atoms with Crippen molar-refractivity contribution in [3.8, 4) is 0 Å². The van der Waals surface area contributed by atoms with Gasteiger partial charge in [0.05, 0.1) is 11.9 Å². The molecule has 3 nitrogen and oxygen atoms in total. The SMILES string of the molecule is O=C(Nc1ccc(F)nc1)C(F)(F)F. The van der Waals surface area contributed by atoms with Gasteiger partial charge in [-0.15, -0.1) is 0 Å². The van der Waals surface area contributed by atoms with E-state index < -0.39 is 18.0 Å². The smallest absolute Gasteiger partial charge is 0.317 e. The Kier molecular flexibility index (Phi) is 2.68. The largest absolute Gasteiger partial charge is 0.471 e. The molecule has 0 aliphatic heterocycles. The van der Waals surface area contributed by atoms with E-state index >= 15 is 0 Å². The Hall–Kier alpha value is -1.66. The molecule has 0 aliphatic rings. The summed E-state index contributed by atoms with van der Waals surface area (Å²) in [7, 11) is 0.